The maximum Gasteiger partial charge on any atom is 0.294 e. The van der Waals surface area contributed by atoms with Gasteiger partial charge in [-0.3, -0.25) is 4.55 Å². The Morgan fingerprint density at radius 3 is 2.12 bits per heavy atom. The van der Waals surface area contributed by atoms with E-state index in [1.807, 2.05) is 0 Å². The summed E-state index contributed by atoms with van der Waals surface area (Å²) in [6.45, 7) is -0.864. The average molecular weight is 266 g/mol. The van der Waals surface area contributed by atoms with Crippen LogP contribution in [0, 0.1) is 0 Å². The van der Waals surface area contributed by atoms with E-state index in [0.29, 0.717) is 6.07 Å². The summed E-state index contributed by atoms with van der Waals surface area (Å²) in [6, 6.07) is 2.57. The van der Waals surface area contributed by atoms with Gasteiger partial charge in [0.25, 0.3) is 10.1 Å². The number of sulfonamides is 1. The van der Waals surface area contributed by atoms with Gasteiger partial charge in [-0.25, -0.2) is 18.7 Å². The van der Waals surface area contributed by atoms with Crippen LogP contribution in [0.4, 0.5) is 0 Å². The van der Waals surface area contributed by atoms with Crippen LogP contribution in [0.3, 0.4) is 0 Å². The molecule has 0 fully saturated rings. The van der Waals surface area contributed by atoms with Crippen LogP contribution in [-0.2, 0) is 31.9 Å². The Bertz CT molecular complexity index is 604. The van der Waals surface area contributed by atoms with E-state index in [-0.39, 0.29) is 5.56 Å². The third-order valence-corrected chi connectivity index (χ3v) is 3.64. The van der Waals surface area contributed by atoms with Gasteiger partial charge < -0.3 is 0 Å². The van der Waals surface area contributed by atoms with Crippen molar-refractivity contribution >= 4 is 20.1 Å². The molecule has 7 nitrogen and oxygen atoms in total. The van der Waals surface area contributed by atoms with Gasteiger partial charge in [-0.15, -0.1) is 0 Å². The number of hydrogen-bond acceptors (Lipinski definition) is 4. The second kappa shape index (κ2) is 4.11. The van der Waals surface area contributed by atoms with Crippen LogP contribution in [0.25, 0.3) is 0 Å². The summed E-state index contributed by atoms with van der Waals surface area (Å²) in [5.41, 5.74) is -0.157. The molecule has 0 aliphatic carbocycles. The van der Waals surface area contributed by atoms with Crippen molar-refractivity contribution < 1.29 is 26.5 Å². The molecule has 0 bridgehead atoms. The predicted octanol–water partition coefficient (Wildman–Crippen LogP) is -0.489. The highest BCUT2D eigenvalue weighted by molar-refractivity contribution is 7.89. The zero-order valence-electron chi connectivity index (χ0n) is 7.82. The second-order valence-electron chi connectivity index (χ2n) is 2.93. The minimum Gasteiger partial charge on any atom is -0.282 e. The van der Waals surface area contributed by atoms with Crippen molar-refractivity contribution in [1.82, 2.24) is 0 Å². The summed E-state index contributed by atoms with van der Waals surface area (Å²) < 4.78 is 52.3. The molecule has 1 aromatic carbocycles. The number of benzene rings is 1. The molecule has 0 aromatic heterocycles. The van der Waals surface area contributed by atoms with Crippen LogP contribution in [0.5, 0.6) is 0 Å². The van der Waals surface area contributed by atoms with E-state index in [4.69, 9.17) is 9.69 Å². The lowest BCUT2D eigenvalue weighted by atomic mass is 10.2. The predicted molar refractivity (Wildman–Crippen MR) is 52.0 cm³/mol. The third-order valence-electron chi connectivity index (χ3n) is 1.80. The van der Waals surface area contributed by atoms with E-state index < -0.39 is 36.5 Å². The minimum absolute atomic E-state index is 0.157. The van der Waals surface area contributed by atoms with Gasteiger partial charge in [-0.2, -0.15) is 8.42 Å². The quantitative estimate of drug-likeness (QED) is 0.712. The Hall–Kier alpha value is -1.00. The van der Waals surface area contributed by atoms with E-state index in [1.54, 1.807) is 0 Å². The van der Waals surface area contributed by atoms with Crippen molar-refractivity contribution in [3.05, 3.63) is 23.8 Å². The topological polar surface area (TPSA) is 134 Å². The van der Waals surface area contributed by atoms with Crippen LogP contribution in [0.2, 0.25) is 0 Å². The van der Waals surface area contributed by atoms with Gasteiger partial charge in [0.2, 0.25) is 10.0 Å². The van der Waals surface area contributed by atoms with E-state index in [9.17, 15) is 21.9 Å². The maximum atomic E-state index is 11.1. The lowest BCUT2D eigenvalue weighted by molar-refractivity contribution is 0.175. The Balaban J connectivity index is 3.58. The van der Waals surface area contributed by atoms with Crippen molar-refractivity contribution in [2.75, 3.05) is 0 Å². The van der Waals surface area contributed by atoms with E-state index in [2.05, 4.69) is 0 Å². The van der Waals surface area contributed by atoms with E-state index in [1.165, 1.54) is 0 Å². The first-order chi connectivity index (χ1) is 7.16. The summed E-state index contributed by atoms with van der Waals surface area (Å²) in [4.78, 5) is -1.23. The van der Waals surface area contributed by atoms with Crippen molar-refractivity contribution in [3.8, 4) is 0 Å². The van der Waals surface area contributed by atoms with E-state index >= 15 is 0 Å². The largest absolute Gasteiger partial charge is 0.294 e. The fourth-order valence-electron chi connectivity index (χ4n) is 1.08. The zero-order chi connectivity index (χ0) is 12.6. The second-order valence-corrected chi connectivity index (χ2v) is 5.89. The van der Waals surface area contributed by atoms with Crippen LogP contribution in [-0.4, -0.2) is 21.4 Å². The van der Waals surface area contributed by atoms with Crippen molar-refractivity contribution in [2.24, 2.45) is 5.14 Å². The first-order valence-electron chi connectivity index (χ1n) is 3.87. The maximum absolute atomic E-state index is 11.1. The lowest BCUT2D eigenvalue weighted by Crippen LogP contribution is -2.15. The van der Waals surface area contributed by atoms with Crippen LogP contribution in [0.1, 0.15) is 5.56 Å². The molecular weight excluding hydrogens is 258 g/mol. The Morgan fingerprint density at radius 2 is 1.75 bits per heavy atom. The van der Waals surface area contributed by atoms with Gasteiger partial charge in [0.05, 0.1) is 9.79 Å². The van der Waals surface area contributed by atoms with Gasteiger partial charge in [0, 0.05) is 5.56 Å². The molecule has 0 saturated carbocycles. The molecule has 1 rings (SSSR count). The van der Waals surface area contributed by atoms with Gasteiger partial charge in [0.1, 0.15) is 6.61 Å². The van der Waals surface area contributed by atoms with Crippen molar-refractivity contribution in [1.29, 1.82) is 0 Å². The summed E-state index contributed by atoms with van der Waals surface area (Å²) in [6.07, 6.45) is 0. The van der Waals surface area contributed by atoms with Gasteiger partial charge >= 0.3 is 0 Å². The third kappa shape index (κ3) is 2.77. The Labute approximate surface area is 92.3 Å². The number of hydrogen-bond donors (Lipinski definition) is 2. The highest BCUT2D eigenvalue weighted by Gasteiger charge is 2.18. The smallest absolute Gasteiger partial charge is 0.282 e. The molecular formula is C7H8NO6S2. The van der Waals surface area contributed by atoms with Crippen molar-refractivity contribution in [2.45, 2.75) is 16.4 Å². The van der Waals surface area contributed by atoms with Gasteiger partial charge in [-0.05, 0) is 12.1 Å². The first-order valence-corrected chi connectivity index (χ1v) is 6.86. The molecule has 0 unspecified atom stereocenters. The molecule has 0 amide bonds. The summed E-state index contributed by atoms with van der Waals surface area (Å²) in [5, 5.41) is 15.4. The lowest BCUT2D eigenvalue weighted by Gasteiger charge is -2.05. The standard InChI is InChI=1S/C7H8NO6S2/c8-15(10,11)7-3-6(16(12,13)14)2-1-5(7)4-9/h1-3H,4H2,(H2,8,10,11)(H,12,13,14). The molecule has 1 aromatic rings. The molecule has 0 aliphatic rings. The monoisotopic (exact) mass is 266 g/mol. The SMILES string of the molecule is NS(=O)(=O)c1cc(S(=O)(=O)O)ccc1C[O]. The molecule has 3 N–H and O–H groups in total. The molecule has 89 valence electrons. The van der Waals surface area contributed by atoms with Gasteiger partial charge in [-0.1, -0.05) is 6.07 Å². The van der Waals surface area contributed by atoms with E-state index in [0.717, 1.165) is 12.1 Å². The normalized spacial score (nSPS) is 12.7. The van der Waals surface area contributed by atoms with Crippen LogP contribution < -0.4 is 5.14 Å². The fraction of sp³-hybridized carbons (Fsp3) is 0.143. The summed E-state index contributed by atoms with van der Waals surface area (Å²) in [7, 11) is -8.74. The zero-order valence-corrected chi connectivity index (χ0v) is 9.45. The molecule has 0 aliphatic heterocycles. The highest BCUT2D eigenvalue weighted by Crippen LogP contribution is 2.19. The highest BCUT2D eigenvalue weighted by atomic mass is 32.2. The molecule has 1 radical (unpaired) electrons. The fourth-order valence-corrected chi connectivity index (χ4v) is 2.44. The number of nitrogens with two attached hydrogens (primary N) is 1. The molecule has 0 spiro atoms. The Kier molecular flexibility index (Phi) is 3.35. The molecule has 16 heavy (non-hydrogen) atoms. The summed E-state index contributed by atoms with van der Waals surface area (Å²) in [5.74, 6) is 0. The molecule has 9 heteroatoms. The van der Waals surface area contributed by atoms with Gasteiger partial charge in [0.15, 0.2) is 0 Å². The average Bonchev–Trinajstić information content (AvgIpc) is 2.14. The van der Waals surface area contributed by atoms with Crippen molar-refractivity contribution in [3.63, 3.8) is 0 Å². The number of rotatable bonds is 3. The van der Waals surface area contributed by atoms with Crippen LogP contribution >= 0.6 is 0 Å². The molecule has 0 atom stereocenters. The first kappa shape index (κ1) is 13.1. The summed E-state index contributed by atoms with van der Waals surface area (Å²) >= 11 is 0. The van der Waals surface area contributed by atoms with Crippen LogP contribution in [0.15, 0.2) is 28.0 Å². The Morgan fingerprint density at radius 1 is 1.19 bits per heavy atom. The number of primary sulfonamides is 1. The minimum atomic E-state index is -4.53. The molecule has 0 saturated heterocycles. The molecule has 0 heterocycles.